The molecular formula is C11H10FN3O2. The molecule has 0 saturated heterocycles. The Balaban J connectivity index is 2.72. The maximum absolute atomic E-state index is 13.1. The van der Waals surface area contributed by atoms with E-state index in [-0.39, 0.29) is 17.8 Å². The summed E-state index contributed by atoms with van der Waals surface area (Å²) in [4.78, 5) is 22.5. The monoisotopic (exact) mass is 235 g/mol. The number of halogens is 1. The van der Waals surface area contributed by atoms with Crippen LogP contribution < -0.4 is 10.6 Å². The summed E-state index contributed by atoms with van der Waals surface area (Å²) in [6.07, 6.45) is 0. The number of anilines is 1. The molecule has 0 atom stereocenters. The third kappa shape index (κ3) is 3.28. The number of rotatable bonds is 2. The van der Waals surface area contributed by atoms with Gasteiger partial charge in [-0.25, -0.2) is 4.39 Å². The van der Waals surface area contributed by atoms with Crippen molar-refractivity contribution in [2.45, 2.75) is 6.92 Å². The van der Waals surface area contributed by atoms with Gasteiger partial charge in [0.25, 0.3) is 0 Å². The zero-order valence-electron chi connectivity index (χ0n) is 9.08. The topological polar surface area (TPSA) is 82.0 Å². The van der Waals surface area contributed by atoms with Gasteiger partial charge >= 0.3 is 11.8 Å². The van der Waals surface area contributed by atoms with Crippen molar-refractivity contribution in [3.8, 4) is 6.07 Å². The van der Waals surface area contributed by atoms with Crippen molar-refractivity contribution in [1.82, 2.24) is 5.32 Å². The fourth-order valence-electron chi connectivity index (χ4n) is 1.12. The van der Waals surface area contributed by atoms with Gasteiger partial charge in [0, 0.05) is 11.3 Å². The third-order valence-corrected chi connectivity index (χ3v) is 2.05. The first-order chi connectivity index (χ1) is 8.06. The summed E-state index contributed by atoms with van der Waals surface area (Å²) in [7, 11) is 0. The summed E-state index contributed by atoms with van der Waals surface area (Å²) in [5.41, 5.74) is 0.469. The quantitative estimate of drug-likeness (QED) is 0.585. The fourth-order valence-corrected chi connectivity index (χ4v) is 1.12. The van der Waals surface area contributed by atoms with E-state index in [0.717, 1.165) is 0 Å². The summed E-state index contributed by atoms with van der Waals surface area (Å²) in [5.74, 6) is -2.34. The lowest BCUT2D eigenvalue weighted by atomic mass is 10.2. The van der Waals surface area contributed by atoms with Crippen molar-refractivity contribution in [2.24, 2.45) is 0 Å². The van der Waals surface area contributed by atoms with Gasteiger partial charge in [0.2, 0.25) is 0 Å². The Kier molecular flexibility index (Phi) is 4.17. The third-order valence-electron chi connectivity index (χ3n) is 2.05. The Bertz CT molecular complexity index is 494. The normalized spacial score (nSPS) is 9.24. The molecular weight excluding hydrogens is 225 g/mol. The lowest BCUT2D eigenvalue weighted by Crippen LogP contribution is -2.35. The second-order valence-corrected chi connectivity index (χ2v) is 3.21. The summed E-state index contributed by atoms with van der Waals surface area (Å²) >= 11 is 0. The van der Waals surface area contributed by atoms with Crippen molar-refractivity contribution in [3.05, 3.63) is 29.6 Å². The number of nitriles is 1. The van der Waals surface area contributed by atoms with E-state index in [9.17, 15) is 14.0 Å². The number of nitrogens with one attached hydrogen (secondary N) is 2. The first-order valence-electron chi connectivity index (χ1n) is 4.77. The number of benzene rings is 1. The van der Waals surface area contributed by atoms with Gasteiger partial charge in [0.1, 0.15) is 12.4 Å². The Hall–Kier alpha value is -2.42. The van der Waals surface area contributed by atoms with E-state index in [1.165, 1.54) is 25.1 Å². The minimum atomic E-state index is -0.936. The van der Waals surface area contributed by atoms with Crippen LogP contribution in [0.4, 0.5) is 10.1 Å². The van der Waals surface area contributed by atoms with Gasteiger partial charge in [0.05, 0.1) is 6.07 Å². The molecule has 1 aromatic carbocycles. The number of nitrogens with zero attached hydrogens (tertiary/aromatic N) is 1. The highest BCUT2D eigenvalue weighted by atomic mass is 19.1. The molecule has 0 fully saturated rings. The van der Waals surface area contributed by atoms with Gasteiger partial charge in [-0.15, -0.1) is 0 Å². The highest BCUT2D eigenvalue weighted by Gasteiger charge is 2.14. The largest absolute Gasteiger partial charge is 0.335 e. The predicted octanol–water partition coefficient (Wildman–Crippen LogP) is 0.712. The molecule has 0 saturated carbocycles. The number of carbonyl (C=O) groups is 2. The molecule has 2 amide bonds. The summed E-state index contributed by atoms with van der Waals surface area (Å²) in [6, 6.07) is 5.82. The second-order valence-electron chi connectivity index (χ2n) is 3.21. The lowest BCUT2D eigenvalue weighted by Gasteiger charge is -2.07. The van der Waals surface area contributed by atoms with Gasteiger partial charge in [-0.3, -0.25) is 9.59 Å². The van der Waals surface area contributed by atoms with Crippen LogP contribution in [0, 0.1) is 24.1 Å². The number of hydrogen-bond acceptors (Lipinski definition) is 3. The molecule has 0 aromatic heterocycles. The number of hydrogen-bond donors (Lipinski definition) is 2. The van der Waals surface area contributed by atoms with Crippen LogP contribution in [0.5, 0.6) is 0 Å². The van der Waals surface area contributed by atoms with Crippen molar-refractivity contribution in [3.63, 3.8) is 0 Å². The highest BCUT2D eigenvalue weighted by Crippen LogP contribution is 2.16. The molecule has 0 bridgehead atoms. The van der Waals surface area contributed by atoms with Crippen molar-refractivity contribution < 1.29 is 14.0 Å². The van der Waals surface area contributed by atoms with E-state index in [1.54, 1.807) is 6.07 Å². The molecule has 0 spiro atoms. The Morgan fingerprint density at radius 3 is 2.76 bits per heavy atom. The van der Waals surface area contributed by atoms with Crippen LogP contribution in [0.3, 0.4) is 0 Å². The maximum Gasteiger partial charge on any atom is 0.313 e. The molecule has 1 rings (SSSR count). The number of amides is 2. The van der Waals surface area contributed by atoms with E-state index in [4.69, 9.17) is 5.26 Å². The Labute approximate surface area is 97.2 Å². The highest BCUT2D eigenvalue weighted by molar-refractivity contribution is 6.39. The molecule has 2 N–H and O–H groups in total. The van der Waals surface area contributed by atoms with Crippen LogP contribution >= 0.6 is 0 Å². The van der Waals surface area contributed by atoms with Crippen LogP contribution in [0.1, 0.15) is 5.56 Å². The zero-order valence-corrected chi connectivity index (χ0v) is 9.08. The number of carbonyl (C=O) groups excluding carboxylic acids is 2. The molecule has 17 heavy (non-hydrogen) atoms. The smallest absolute Gasteiger partial charge is 0.313 e. The van der Waals surface area contributed by atoms with Crippen molar-refractivity contribution >= 4 is 17.5 Å². The average Bonchev–Trinajstić information content (AvgIpc) is 2.31. The summed E-state index contributed by atoms with van der Waals surface area (Å²) < 4.78 is 13.1. The van der Waals surface area contributed by atoms with Crippen LogP contribution in [0.25, 0.3) is 0 Å². The van der Waals surface area contributed by atoms with Gasteiger partial charge < -0.3 is 10.6 Å². The Morgan fingerprint density at radius 1 is 1.41 bits per heavy atom. The van der Waals surface area contributed by atoms with E-state index in [2.05, 4.69) is 10.6 Å². The van der Waals surface area contributed by atoms with Crippen LogP contribution in [-0.2, 0) is 9.59 Å². The minimum absolute atomic E-state index is 0.224. The molecule has 0 aliphatic rings. The van der Waals surface area contributed by atoms with Gasteiger partial charge in [-0.05, 0) is 19.1 Å². The molecule has 0 radical (unpaired) electrons. The Morgan fingerprint density at radius 2 is 2.12 bits per heavy atom. The molecule has 0 aliphatic carbocycles. The van der Waals surface area contributed by atoms with Gasteiger partial charge in [-0.1, -0.05) is 6.07 Å². The minimum Gasteiger partial charge on any atom is -0.335 e. The summed E-state index contributed by atoms with van der Waals surface area (Å²) in [5, 5.41) is 12.6. The summed E-state index contributed by atoms with van der Waals surface area (Å²) in [6.45, 7) is 1.23. The van der Waals surface area contributed by atoms with Crippen molar-refractivity contribution in [1.29, 1.82) is 5.26 Å². The average molecular weight is 235 g/mol. The van der Waals surface area contributed by atoms with Crippen LogP contribution in [0.15, 0.2) is 18.2 Å². The van der Waals surface area contributed by atoms with Crippen LogP contribution in [0.2, 0.25) is 0 Å². The molecule has 6 heteroatoms. The first kappa shape index (κ1) is 12.6. The first-order valence-corrected chi connectivity index (χ1v) is 4.77. The molecule has 0 unspecified atom stereocenters. The molecule has 0 heterocycles. The van der Waals surface area contributed by atoms with Gasteiger partial charge in [-0.2, -0.15) is 5.26 Å². The van der Waals surface area contributed by atoms with Crippen molar-refractivity contribution in [2.75, 3.05) is 11.9 Å². The molecule has 5 nitrogen and oxygen atoms in total. The standard InChI is InChI=1S/C11H10FN3O2/c1-7-8(12)3-2-4-9(7)15-11(17)10(16)14-6-5-13/h2-4H,6H2,1H3,(H,14,16)(H,15,17). The van der Waals surface area contributed by atoms with E-state index >= 15 is 0 Å². The van der Waals surface area contributed by atoms with E-state index in [1.807, 2.05) is 0 Å². The SMILES string of the molecule is Cc1c(F)cccc1NC(=O)C(=O)NCC#N. The van der Waals surface area contributed by atoms with E-state index in [0.29, 0.717) is 0 Å². The predicted molar refractivity (Wildman–Crippen MR) is 58.4 cm³/mol. The lowest BCUT2D eigenvalue weighted by molar-refractivity contribution is -0.136. The second kappa shape index (κ2) is 5.61. The van der Waals surface area contributed by atoms with E-state index < -0.39 is 17.6 Å². The zero-order chi connectivity index (χ0) is 12.8. The molecule has 88 valence electrons. The van der Waals surface area contributed by atoms with Gasteiger partial charge in [0.15, 0.2) is 0 Å². The maximum atomic E-state index is 13.1. The fraction of sp³-hybridized carbons (Fsp3) is 0.182. The molecule has 1 aromatic rings. The molecule has 0 aliphatic heterocycles. The van der Waals surface area contributed by atoms with Crippen LogP contribution in [-0.4, -0.2) is 18.4 Å².